The number of hydrogen-bond acceptors (Lipinski definition) is 8. The number of aromatic hydroxyl groups is 1. The van der Waals surface area contributed by atoms with E-state index in [1.165, 1.54) is 25.3 Å². The van der Waals surface area contributed by atoms with Gasteiger partial charge in [-0.2, -0.15) is 0 Å². The molecule has 0 amide bonds. The maximum atomic E-state index is 11.8. The lowest BCUT2D eigenvalue weighted by molar-refractivity contribution is -0.147. The zero-order valence-corrected chi connectivity index (χ0v) is 11.1. The molecule has 0 aromatic heterocycles. The number of phenols is 1. The van der Waals surface area contributed by atoms with E-state index in [1.54, 1.807) is 0 Å². The minimum absolute atomic E-state index is 0.0768. The Bertz CT molecular complexity index is 569. The van der Waals surface area contributed by atoms with Gasteiger partial charge in [0.2, 0.25) is 0 Å². The number of esters is 2. The number of phenolic OH excluding ortho intramolecular Hbond substituents is 1. The van der Waals surface area contributed by atoms with Crippen molar-refractivity contribution in [2.45, 2.75) is 11.7 Å². The monoisotopic (exact) mass is 298 g/mol. The summed E-state index contributed by atoms with van der Waals surface area (Å²) in [6, 6.07) is 3.81. The molecule has 0 bridgehead atoms. The first kappa shape index (κ1) is 15.1. The highest BCUT2D eigenvalue weighted by Gasteiger charge is 2.49. The molecule has 1 aromatic carbocycles. The Balaban J connectivity index is 2.04. The largest absolute Gasteiger partial charge is 0.504 e. The van der Waals surface area contributed by atoms with Crippen LogP contribution in [-0.2, 0) is 14.3 Å². The predicted octanol–water partition coefficient (Wildman–Crippen LogP) is -0.794. The van der Waals surface area contributed by atoms with E-state index in [9.17, 15) is 24.9 Å². The molecule has 2 atom stereocenters. The van der Waals surface area contributed by atoms with Crippen molar-refractivity contribution in [2.75, 3.05) is 20.3 Å². The molecule has 1 aliphatic heterocycles. The summed E-state index contributed by atoms with van der Waals surface area (Å²) in [6.07, 6.45) is -1.76. The van der Waals surface area contributed by atoms with Crippen LogP contribution >= 0.6 is 0 Å². The van der Waals surface area contributed by atoms with Crippen LogP contribution in [0.3, 0.4) is 0 Å². The number of carbonyl (C=O) groups excluding carboxylic acids is 2. The molecular weight excluding hydrogens is 284 g/mol. The van der Waals surface area contributed by atoms with Gasteiger partial charge in [-0.25, -0.2) is 9.59 Å². The normalized spacial score (nSPS) is 24.5. The van der Waals surface area contributed by atoms with E-state index in [1.807, 2.05) is 0 Å². The van der Waals surface area contributed by atoms with Crippen LogP contribution in [0.4, 0.5) is 0 Å². The number of methoxy groups -OCH3 is 1. The first-order valence-electron chi connectivity index (χ1n) is 5.98. The summed E-state index contributed by atoms with van der Waals surface area (Å²) in [5.41, 5.74) is -1.89. The lowest BCUT2D eigenvalue weighted by Gasteiger charge is -2.21. The highest BCUT2D eigenvalue weighted by atomic mass is 16.6. The van der Waals surface area contributed by atoms with Crippen molar-refractivity contribution in [1.82, 2.24) is 0 Å². The van der Waals surface area contributed by atoms with Crippen LogP contribution in [0.2, 0.25) is 0 Å². The Hall–Kier alpha value is -2.32. The van der Waals surface area contributed by atoms with Gasteiger partial charge in [0.25, 0.3) is 0 Å². The lowest BCUT2D eigenvalue weighted by atomic mass is 10.0. The number of aliphatic hydroxyl groups excluding tert-OH is 1. The summed E-state index contributed by atoms with van der Waals surface area (Å²) < 4.78 is 14.2. The predicted molar refractivity (Wildman–Crippen MR) is 66.9 cm³/mol. The van der Waals surface area contributed by atoms with Crippen LogP contribution in [0.1, 0.15) is 10.4 Å². The van der Waals surface area contributed by atoms with Crippen molar-refractivity contribution in [3.8, 4) is 11.5 Å². The molecule has 114 valence electrons. The van der Waals surface area contributed by atoms with Gasteiger partial charge < -0.3 is 29.5 Å². The molecule has 1 heterocycles. The van der Waals surface area contributed by atoms with Gasteiger partial charge >= 0.3 is 11.9 Å². The number of rotatable bonds is 4. The number of cyclic esters (lactones) is 1. The Kier molecular flexibility index (Phi) is 4.01. The van der Waals surface area contributed by atoms with Gasteiger partial charge in [0.1, 0.15) is 13.2 Å². The molecule has 3 N–H and O–H groups in total. The molecule has 8 heteroatoms. The molecule has 1 saturated heterocycles. The number of benzene rings is 1. The van der Waals surface area contributed by atoms with Crippen molar-refractivity contribution in [2.24, 2.45) is 0 Å². The standard InChI is InChI=1S/C13H14O8/c1-19-9-4-7(2-3-8(9)14)11(16)20-5-13(18)6-21-12(17)10(13)15/h2-4,10,14-15,18H,5-6H2,1H3/t10-,13+/m0/s1. The minimum atomic E-state index is -1.96. The van der Waals surface area contributed by atoms with Crippen LogP contribution in [0.25, 0.3) is 0 Å². The Labute approximate surface area is 119 Å². The molecule has 1 aliphatic rings. The molecule has 8 nitrogen and oxygen atoms in total. The van der Waals surface area contributed by atoms with E-state index in [4.69, 9.17) is 9.47 Å². The molecular formula is C13H14O8. The van der Waals surface area contributed by atoms with Crippen LogP contribution in [0, 0.1) is 0 Å². The van der Waals surface area contributed by atoms with Crippen molar-refractivity contribution in [3.05, 3.63) is 23.8 Å². The van der Waals surface area contributed by atoms with E-state index in [2.05, 4.69) is 4.74 Å². The first-order chi connectivity index (χ1) is 9.87. The van der Waals surface area contributed by atoms with Gasteiger partial charge in [0.05, 0.1) is 12.7 Å². The van der Waals surface area contributed by atoms with Crippen molar-refractivity contribution in [3.63, 3.8) is 0 Å². The third-order valence-electron chi connectivity index (χ3n) is 3.07. The van der Waals surface area contributed by atoms with Crippen molar-refractivity contribution < 1.29 is 39.1 Å². The molecule has 0 saturated carbocycles. The summed E-state index contributed by atoms with van der Waals surface area (Å²) in [7, 11) is 1.32. The lowest BCUT2D eigenvalue weighted by Crippen LogP contribution is -2.47. The van der Waals surface area contributed by atoms with Crippen LogP contribution in [0.15, 0.2) is 18.2 Å². The van der Waals surface area contributed by atoms with Gasteiger partial charge in [-0.05, 0) is 18.2 Å². The van der Waals surface area contributed by atoms with Gasteiger partial charge in [-0.15, -0.1) is 0 Å². The quantitative estimate of drug-likeness (QED) is 0.618. The zero-order chi connectivity index (χ0) is 15.6. The number of ether oxygens (including phenoxy) is 3. The summed E-state index contributed by atoms with van der Waals surface area (Å²) in [6.45, 7) is -1.07. The SMILES string of the molecule is COc1cc(C(=O)OC[C@@]2(O)COC(=O)[C@@H]2O)ccc1O. The smallest absolute Gasteiger partial charge is 0.338 e. The number of aliphatic hydroxyl groups is 2. The van der Waals surface area contributed by atoms with Crippen LogP contribution < -0.4 is 4.74 Å². The summed E-state index contributed by atoms with van der Waals surface area (Å²) in [4.78, 5) is 22.8. The molecule has 0 spiro atoms. The van der Waals surface area contributed by atoms with E-state index in [-0.39, 0.29) is 17.1 Å². The molecule has 0 radical (unpaired) electrons. The highest BCUT2D eigenvalue weighted by Crippen LogP contribution is 2.27. The fourth-order valence-electron chi connectivity index (χ4n) is 1.77. The summed E-state index contributed by atoms with van der Waals surface area (Å²) in [5.74, 6) is -1.84. The fraction of sp³-hybridized carbons (Fsp3) is 0.385. The summed E-state index contributed by atoms with van der Waals surface area (Å²) >= 11 is 0. The highest BCUT2D eigenvalue weighted by molar-refractivity contribution is 5.90. The zero-order valence-electron chi connectivity index (χ0n) is 11.1. The second-order valence-corrected chi connectivity index (χ2v) is 4.58. The van der Waals surface area contributed by atoms with Gasteiger partial charge in [-0.3, -0.25) is 0 Å². The van der Waals surface area contributed by atoms with Gasteiger partial charge in [0, 0.05) is 0 Å². The second kappa shape index (κ2) is 5.58. The average Bonchev–Trinajstić information content (AvgIpc) is 2.74. The van der Waals surface area contributed by atoms with Crippen LogP contribution in [0.5, 0.6) is 11.5 Å². The molecule has 1 aromatic rings. The molecule has 21 heavy (non-hydrogen) atoms. The third-order valence-corrected chi connectivity index (χ3v) is 3.07. The maximum absolute atomic E-state index is 11.8. The molecule has 0 unspecified atom stereocenters. The Morgan fingerprint density at radius 3 is 2.81 bits per heavy atom. The average molecular weight is 298 g/mol. The number of hydrogen-bond donors (Lipinski definition) is 3. The third kappa shape index (κ3) is 2.91. The topological polar surface area (TPSA) is 123 Å². The first-order valence-corrected chi connectivity index (χ1v) is 5.98. The van der Waals surface area contributed by atoms with Gasteiger partial charge in [-0.1, -0.05) is 0 Å². The minimum Gasteiger partial charge on any atom is -0.504 e. The molecule has 0 aliphatic carbocycles. The van der Waals surface area contributed by atoms with Gasteiger partial charge in [0.15, 0.2) is 23.2 Å². The van der Waals surface area contributed by atoms with E-state index in [0.29, 0.717) is 0 Å². The Morgan fingerprint density at radius 1 is 1.52 bits per heavy atom. The maximum Gasteiger partial charge on any atom is 0.338 e. The van der Waals surface area contributed by atoms with E-state index >= 15 is 0 Å². The number of carbonyl (C=O) groups is 2. The van der Waals surface area contributed by atoms with Crippen molar-refractivity contribution in [1.29, 1.82) is 0 Å². The molecule has 2 rings (SSSR count). The van der Waals surface area contributed by atoms with E-state index < -0.39 is 36.9 Å². The van der Waals surface area contributed by atoms with E-state index in [0.717, 1.165) is 0 Å². The summed E-state index contributed by atoms with van der Waals surface area (Å²) in [5, 5.41) is 28.8. The molecule has 1 fully saturated rings. The van der Waals surface area contributed by atoms with Crippen molar-refractivity contribution >= 4 is 11.9 Å². The fourth-order valence-corrected chi connectivity index (χ4v) is 1.77. The Morgan fingerprint density at radius 2 is 2.24 bits per heavy atom. The van der Waals surface area contributed by atoms with Crippen LogP contribution in [-0.4, -0.2) is 59.3 Å². The second-order valence-electron chi connectivity index (χ2n) is 4.58.